The van der Waals surface area contributed by atoms with Gasteiger partial charge in [-0.1, -0.05) is 69.4 Å². The van der Waals surface area contributed by atoms with Crippen molar-refractivity contribution in [3.63, 3.8) is 0 Å². The Kier molecular flexibility index (Phi) is 13.0. The number of carbonyl (C=O) groups is 1. The molecule has 0 atom stereocenters. The van der Waals surface area contributed by atoms with Crippen molar-refractivity contribution in [2.24, 2.45) is 0 Å². The minimum absolute atomic E-state index is 0.0434. The van der Waals surface area contributed by atoms with E-state index < -0.39 is 0 Å². The predicted octanol–water partition coefficient (Wildman–Crippen LogP) is 3.66. The third kappa shape index (κ3) is 12.1. The van der Waals surface area contributed by atoms with Crippen LogP contribution in [-0.4, -0.2) is 32.2 Å². The van der Waals surface area contributed by atoms with Crippen molar-refractivity contribution < 1.29 is 9.53 Å². The van der Waals surface area contributed by atoms with E-state index in [4.69, 9.17) is 4.74 Å². The minimum atomic E-state index is 0.0434. The average Bonchev–Trinajstić information content (AvgIpc) is 2.60. The van der Waals surface area contributed by atoms with E-state index in [-0.39, 0.29) is 5.91 Å². The molecule has 0 aliphatic carbocycles. The van der Waals surface area contributed by atoms with Crippen LogP contribution in [0.15, 0.2) is 30.3 Å². The molecule has 2 N–H and O–H groups in total. The molecule has 0 saturated carbocycles. The van der Waals surface area contributed by atoms with Crippen molar-refractivity contribution >= 4 is 5.91 Å². The van der Waals surface area contributed by atoms with Crippen LogP contribution in [0, 0.1) is 0 Å². The number of amides is 1. The first-order valence-electron chi connectivity index (χ1n) is 9.42. The SMILES string of the molecule is CCCCCCCCOCCCNC(=O)CNCc1ccccc1. The molecule has 1 rings (SSSR count). The predicted molar refractivity (Wildman–Crippen MR) is 100.0 cm³/mol. The van der Waals surface area contributed by atoms with Gasteiger partial charge in [0.1, 0.15) is 0 Å². The van der Waals surface area contributed by atoms with Crippen LogP contribution < -0.4 is 10.6 Å². The number of unbranched alkanes of at least 4 members (excludes halogenated alkanes) is 5. The van der Waals surface area contributed by atoms with Gasteiger partial charge in [0.2, 0.25) is 5.91 Å². The number of hydrogen-bond acceptors (Lipinski definition) is 3. The Balaban J connectivity index is 1.82. The Morgan fingerprint density at radius 2 is 1.67 bits per heavy atom. The molecule has 0 aliphatic heterocycles. The van der Waals surface area contributed by atoms with Crippen molar-refractivity contribution in [3.8, 4) is 0 Å². The normalized spacial score (nSPS) is 10.7. The molecule has 0 heterocycles. The van der Waals surface area contributed by atoms with Crippen LogP contribution in [0.25, 0.3) is 0 Å². The molecule has 0 aliphatic rings. The van der Waals surface area contributed by atoms with Crippen LogP contribution in [-0.2, 0) is 16.1 Å². The first-order chi connectivity index (χ1) is 11.8. The molecule has 1 aromatic rings. The molecule has 0 bridgehead atoms. The van der Waals surface area contributed by atoms with Gasteiger partial charge in [-0.05, 0) is 18.4 Å². The summed E-state index contributed by atoms with van der Waals surface area (Å²) in [5.41, 5.74) is 1.19. The van der Waals surface area contributed by atoms with Crippen LogP contribution in [0.3, 0.4) is 0 Å². The number of ether oxygens (including phenoxy) is 1. The fourth-order valence-corrected chi connectivity index (χ4v) is 2.47. The lowest BCUT2D eigenvalue weighted by Gasteiger charge is -2.07. The van der Waals surface area contributed by atoms with Crippen molar-refractivity contribution in [1.29, 1.82) is 0 Å². The van der Waals surface area contributed by atoms with Gasteiger partial charge in [0.15, 0.2) is 0 Å². The molecular formula is C20H34N2O2. The van der Waals surface area contributed by atoms with Crippen molar-refractivity contribution in [2.75, 3.05) is 26.3 Å². The fraction of sp³-hybridized carbons (Fsp3) is 0.650. The Morgan fingerprint density at radius 1 is 0.958 bits per heavy atom. The van der Waals surface area contributed by atoms with Gasteiger partial charge in [0.25, 0.3) is 0 Å². The molecule has 1 aromatic carbocycles. The highest BCUT2D eigenvalue weighted by Crippen LogP contribution is 2.04. The lowest BCUT2D eigenvalue weighted by molar-refractivity contribution is -0.120. The van der Waals surface area contributed by atoms with E-state index in [1.54, 1.807) is 0 Å². The first-order valence-corrected chi connectivity index (χ1v) is 9.42. The first kappa shape index (κ1) is 20.7. The molecule has 0 radical (unpaired) electrons. The second kappa shape index (κ2) is 15.2. The fourth-order valence-electron chi connectivity index (χ4n) is 2.47. The lowest BCUT2D eigenvalue weighted by Crippen LogP contribution is -2.34. The van der Waals surface area contributed by atoms with Crippen LogP contribution in [0.2, 0.25) is 0 Å². The molecule has 24 heavy (non-hydrogen) atoms. The van der Waals surface area contributed by atoms with Crippen LogP contribution in [0.5, 0.6) is 0 Å². The smallest absolute Gasteiger partial charge is 0.233 e. The van der Waals surface area contributed by atoms with E-state index in [0.29, 0.717) is 13.1 Å². The van der Waals surface area contributed by atoms with E-state index in [2.05, 4.69) is 17.6 Å². The summed E-state index contributed by atoms with van der Waals surface area (Å²) < 4.78 is 5.59. The molecule has 4 heteroatoms. The zero-order valence-electron chi connectivity index (χ0n) is 15.2. The maximum atomic E-state index is 11.7. The Labute approximate surface area is 147 Å². The van der Waals surface area contributed by atoms with Gasteiger partial charge in [0.05, 0.1) is 6.54 Å². The molecular weight excluding hydrogens is 300 g/mol. The highest BCUT2D eigenvalue weighted by Gasteiger charge is 2.00. The van der Waals surface area contributed by atoms with Gasteiger partial charge < -0.3 is 15.4 Å². The van der Waals surface area contributed by atoms with Crippen LogP contribution in [0.4, 0.5) is 0 Å². The number of carbonyl (C=O) groups excluding carboxylic acids is 1. The van der Waals surface area contributed by atoms with Gasteiger partial charge in [-0.2, -0.15) is 0 Å². The van der Waals surface area contributed by atoms with Crippen molar-refractivity contribution in [2.45, 2.75) is 58.4 Å². The molecule has 0 aromatic heterocycles. The monoisotopic (exact) mass is 334 g/mol. The minimum Gasteiger partial charge on any atom is -0.381 e. The van der Waals surface area contributed by atoms with Crippen molar-refractivity contribution in [3.05, 3.63) is 35.9 Å². The van der Waals surface area contributed by atoms with Gasteiger partial charge in [-0.15, -0.1) is 0 Å². The van der Waals surface area contributed by atoms with Crippen molar-refractivity contribution in [1.82, 2.24) is 10.6 Å². The molecule has 0 spiro atoms. The summed E-state index contributed by atoms with van der Waals surface area (Å²) in [6, 6.07) is 10.1. The van der Waals surface area contributed by atoms with Gasteiger partial charge in [0, 0.05) is 26.3 Å². The number of benzene rings is 1. The molecule has 0 unspecified atom stereocenters. The molecule has 0 fully saturated rings. The average molecular weight is 335 g/mol. The zero-order chi connectivity index (χ0) is 17.3. The van der Waals surface area contributed by atoms with E-state index in [1.807, 2.05) is 30.3 Å². The standard InChI is InChI=1S/C20H34N2O2/c1-2-3-4-5-6-10-15-24-16-11-14-22-20(23)18-21-17-19-12-8-7-9-13-19/h7-9,12-13,21H,2-6,10-11,14-18H2,1H3,(H,22,23). The second-order valence-corrected chi connectivity index (χ2v) is 6.17. The second-order valence-electron chi connectivity index (χ2n) is 6.17. The maximum Gasteiger partial charge on any atom is 0.233 e. The van der Waals surface area contributed by atoms with Gasteiger partial charge >= 0.3 is 0 Å². The van der Waals surface area contributed by atoms with E-state index in [1.165, 1.54) is 37.7 Å². The zero-order valence-corrected chi connectivity index (χ0v) is 15.2. The highest BCUT2D eigenvalue weighted by atomic mass is 16.5. The summed E-state index contributed by atoms with van der Waals surface area (Å²) in [4.78, 5) is 11.7. The van der Waals surface area contributed by atoms with Crippen LogP contribution in [0.1, 0.15) is 57.4 Å². The maximum absolute atomic E-state index is 11.7. The summed E-state index contributed by atoms with van der Waals surface area (Å²) >= 11 is 0. The molecule has 1 amide bonds. The Bertz CT molecular complexity index is 409. The third-order valence-corrected chi connectivity index (χ3v) is 3.89. The summed E-state index contributed by atoms with van der Waals surface area (Å²) in [6.45, 7) is 5.57. The van der Waals surface area contributed by atoms with E-state index >= 15 is 0 Å². The Hall–Kier alpha value is -1.39. The summed E-state index contributed by atoms with van der Waals surface area (Å²) in [6.07, 6.45) is 8.61. The summed E-state index contributed by atoms with van der Waals surface area (Å²) in [7, 11) is 0. The number of rotatable bonds is 15. The third-order valence-electron chi connectivity index (χ3n) is 3.89. The van der Waals surface area contributed by atoms with Gasteiger partial charge in [-0.25, -0.2) is 0 Å². The molecule has 4 nitrogen and oxygen atoms in total. The topological polar surface area (TPSA) is 50.4 Å². The quantitative estimate of drug-likeness (QED) is 0.481. The highest BCUT2D eigenvalue weighted by molar-refractivity contribution is 5.77. The summed E-state index contributed by atoms with van der Waals surface area (Å²) in [5.74, 6) is 0.0434. The Morgan fingerprint density at radius 3 is 2.46 bits per heavy atom. The molecule has 136 valence electrons. The largest absolute Gasteiger partial charge is 0.381 e. The summed E-state index contributed by atoms with van der Waals surface area (Å²) in [5, 5.41) is 6.06. The number of nitrogens with one attached hydrogen (secondary N) is 2. The number of hydrogen-bond donors (Lipinski definition) is 2. The lowest BCUT2D eigenvalue weighted by atomic mass is 10.1. The van der Waals surface area contributed by atoms with E-state index in [0.717, 1.165) is 32.6 Å². The van der Waals surface area contributed by atoms with E-state index in [9.17, 15) is 4.79 Å². The van der Waals surface area contributed by atoms with Crippen LogP contribution >= 0.6 is 0 Å². The molecule has 0 saturated heterocycles. The van der Waals surface area contributed by atoms with Gasteiger partial charge in [-0.3, -0.25) is 4.79 Å².